The standard InChI is InChI=1S/C24H28N4O2/c25-23(29)22-8-2-1-7-21(22)17-9-11-18(12-10-17)24(30)28(20-13-14-20)19-5-3-15-26-27-16-4-6-19/h1-2,7-12,15,19-20,27H,3-6,13-14,16H2,(H2,25,29)/b26-15-. The van der Waals surface area contributed by atoms with E-state index in [0.29, 0.717) is 17.2 Å². The Morgan fingerprint density at radius 1 is 0.967 bits per heavy atom. The van der Waals surface area contributed by atoms with Crippen molar-refractivity contribution in [2.24, 2.45) is 10.8 Å². The third-order valence-electron chi connectivity index (χ3n) is 5.84. The van der Waals surface area contributed by atoms with Gasteiger partial charge in [0.15, 0.2) is 0 Å². The maximum absolute atomic E-state index is 13.4. The Morgan fingerprint density at radius 3 is 2.43 bits per heavy atom. The number of hydrazone groups is 1. The summed E-state index contributed by atoms with van der Waals surface area (Å²) in [6.45, 7) is 0.841. The van der Waals surface area contributed by atoms with Gasteiger partial charge in [-0.05, 0) is 67.9 Å². The maximum Gasteiger partial charge on any atom is 0.254 e. The fourth-order valence-electron chi connectivity index (χ4n) is 4.17. The summed E-state index contributed by atoms with van der Waals surface area (Å²) >= 11 is 0. The van der Waals surface area contributed by atoms with Gasteiger partial charge in [-0.25, -0.2) is 0 Å². The molecule has 30 heavy (non-hydrogen) atoms. The Labute approximate surface area is 177 Å². The molecule has 1 aliphatic heterocycles. The smallest absolute Gasteiger partial charge is 0.254 e. The van der Waals surface area contributed by atoms with Crippen LogP contribution < -0.4 is 11.2 Å². The van der Waals surface area contributed by atoms with Crippen molar-refractivity contribution >= 4 is 18.0 Å². The van der Waals surface area contributed by atoms with Gasteiger partial charge in [0.25, 0.3) is 5.91 Å². The predicted molar refractivity (Wildman–Crippen MR) is 118 cm³/mol. The van der Waals surface area contributed by atoms with Crippen molar-refractivity contribution < 1.29 is 9.59 Å². The first-order chi connectivity index (χ1) is 14.6. The van der Waals surface area contributed by atoms with Crippen LogP contribution in [0.4, 0.5) is 0 Å². The number of nitrogens with zero attached hydrogens (tertiary/aromatic N) is 2. The summed E-state index contributed by atoms with van der Waals surface area (Å²) in [6, 6.07) is 15.4. The van der Waals surface area contributed by atoms with Gasteiger partial charge in [0.05, 0.1) is 0 Å². The van der Waals surface area contributed by atoms with E-state index in [1.807, 2.05) is 42.6 Å². The molecule has 2 amide bonds. The second-order valence-electron chi connectivity index (χ2n) is 8.02. The lowest BCUT2D eigenvalue weighted by atomic mass is 9.97. The second-order valence-corrected chi connectivity index (χ2v) is 8.02. The molecule has 0 saturated heterocycles. The zero-order valence-corrected chi connectivity index (χ0v) is 17.1. The molecule has 2 aromatic rings. The highest BCUT2D eigenvalue weighted by Gasteiger charge is 2.37. The van der Waals surface area contributed by atoms with Crippen LogP contribution in [0.3, 0.4) is 0 Å². The molecular weight excluding hydrogens is 376 g/mol. The van der Waals surface area contributed by atoms with Crippen molar-refractivity contribution in [2.45, 2.75) is 50.6 Å². The van der Waals surface area contributed by atoms with Crippen LogP contribution in [0.1, 0.15) is 59.2 Å². The van der Waals surface area contributed by atoms with Crippen molar-refractivity contribution in [2.75, 3.05) is 6.54 Å². The van der Waals surface area contributed by atoms with Crippen molar-refractivity contribution in [3.05, 3.63) is 59.7 Å². The van der Waals surface area contributed by atoms with Crippen LogP contribution >= 0.6 is 0 Å². The summed E-state index contributed by atoms with van der Waals surface area (Å²) < 4.78 is 0. The molecule has 6 heteroatoms. The average Bonchev–Trinajstić information content (AvgIpc) is 3.58. The summed E-state index contributed by atoms with van der Waals surface area (Å²) in [7, 11) is 0. The quantitative estimate of drug-likeness (QED) is 0.798. The Hall–Kier alpha value is -3.15. The molecule has 1 atom stereocenters. The molecule has 156 valence electrons. The van der Waals surface area contributed by atoms with Gasteiger partial charge in [-0.15, -0.1) is 0 Å². The minimum atomic E-state index is -0.455. The predicted octanol–water partition coefficient (Wildman–Crippen LogP) is 3.58. The number of amides is 2. The topological polar surface area (TPSA) is 87.8 Å². The molecule has 1 fully saturated rings. The maximum atomic E-state index is 13.4. The molecule has 2 aliphatic rings. The van der Waals surface area contributed by atoms with Crippen molar-refractivity contribution in [1.82, 2.24) is 10.3 Å². The lowest BCUT2D eigenvalue weighted by Gasteiger charge is -2.32. The molecule has 1 unspecified atom stereocenters. The van der Waals surface area contributed by atoms with Crippen LogP contribution in [0.2, 0.25) is 0 Å². The summed E-state index contributed by atoms with van der Waals surface area (Å²) in [5, 5.41) is 4.19. The van der Waals surface area contributed by atoms with Gasteiger partial charge in [0.1, 0.15) is 0 Å². The Bertz CT molecular complexity index is 934. The summed E-state index contributed by atoms with van der Waals surface area (Å²) in [5.74, 6) is -0.356. The number of carbonyl (C=O) groups excluding carboxylic acids is 2. The summed E-state index contributed by atoms with van der Waals surface area (Å²) in [6.07, 6.45) is 7.88. The van der Waals surface area contributed by atoms with Crippen molar-refractivity contribution in [1.29, 1.82) is 0 Å². The number of hydrogen-bond donors (Lipinski definition) is 2. The van der Waals surface area contributed by atoms with E-state index >= 15 is 0 Å². The van der Waals surface area contributed by atoms with E-state index in [-0.39, 0.29) is 11.9 Å². The molecule has 0 bridgehead atoms. The van der Waals surface area contributed by atoms with Crippen molar-refractivity contribution in [3.63, 3.8) is 0 Å². The normalized spacial score (nSPS) is 20.2. The number of benzene rings is 2. The first-order valence-electron chi connectivity index (χ1n) is 10.7. The minimum Gasteiger partial charge on any atom is -0.366 e. The van der Waals surface area contributed by atoms with Crippen LogP contribution in [0.5, 0.6) is 0 Å². The van der Waals surface area contributed by atoms with Gasteiger partial charge in [0.2, 0.25) is 5.91 Å². The van der Waals surface area contributed by atoms with Crippen LogP contribution in [0.25, 0.3) is 11.1 Å². The molecule has 4 rings (SSSR count). The molecule has 0 spiro atoms. The number of nitrogens with two attached hydrogens (primary N) is 1. The van der Waals surface area contributed by atoms with E-state index in [1.54, 1.807) is 12.1 Å². The lowest BCUT2D eigenvalue weighted by Crippen LogP contribution is -2.42. The zero-order chi connectivity index (χ0) is 20.9. The summed E-state index contributed by atoms with van der Waals surface area (Å²) in [4.78, 5) is 27.3. The van der Waals surface area contributed by atoms with Crippen LogP contribution in [0, 0.1) is 0 Å². The third kappa shape index (κ3) is 4.53. The van der Waals surface area contributed by atoms with Gasteiger partial charge < -0.3 is 16.1 Å². The molecular formula is C24H28N4O2. The number of rotatable bonds is 5. The fourth-order valence-corrected chi connectivity index (χ4v) is 4.17. The van der Waals surface area contributed by atoms with E-state index in [4.69, 9.17) is 5.73 Å². The highest BCUT2D eigenvalue weighted by Crippen LogP contribution is 2.33. The highest BCUT2D eigenvalue weighted by molar-refractivity contribution is 6.00. The molecule has 1 heterocycles. The van der Waals surface area contributed by atoms with E-state index in [2.05, 4.69) is 15.4 Å². The molecule has 3 N–H and O–H groups in total. The molecule has 1 saturated carbocycles. The average molecular weight is 405 g/mol. The fraction of sp³-hybridized carbons (Fsp3) is 0.375. The van der Waals surface area contributed by atoms with Gasteiger partial charge in [-0.2, -0.15) is 5.10 Å². The number of primary amides is 1. The minimum absolute atomic E-state index is 0.0985. The van der Waals surface area contributed by atoms with E-state index < -0.39 is 5.91 Å². The molecule has 6 nitrogen and oxygen atoms in total. The largest absolute Gasteiger partial charge is 0.366 e. The first kappa shape index (κ1) is 20.1. The van der Waals surface area contributed by atoms with E-state index in [1.165, 1.54) is 0 Å². The van der Waals surface area contributed by atoms with Crippen LogP contribution in [-0.4, -0.2) is 41.6 Å². The monoisotopic (exact) mass is 404 g/mol. The van der Waals surface area contributed by atoms with Crippen molar-refractivity contribution in [3.8, 4) is 11.1 Å². The van der Waals surface area contributed by atoms with Crippen LogP contribution in [-0.2, 0) is 0 Å². The van der Waals surface area contributed by atoms with Gasteiger partial charge >= 0.3 is 0 Å². The zero-order valence-electron chi connectivity index (χ0n) is 17.1. The summed E-state index contributed by atoms with van der Waals surface area (Å²) in [5.41, 5.74) is 11.4. The van der Waals surface area contributed by atoms with Gasteiger partial charge in [-0.1, -0.05) is 30.3 Å². The Balaban J connectivity index is 1.56. The molecule has 0 radical (unpaired) electrons. The first-order valence-corrected chi connectivity index (χ1v) is 10.7. The Morgan fingerprint density at radius 2 is 1.70 bits per heavy atom. The SMILES string of the molecule is NC(=O)c1ccccc1-c1ccc(C(=O)N(C2CC/C=N\NCCC2)C2CC2)cc1. The number of nitrogens with one attached hydrogen (secondary N) is 1. The third-order valence-corrected chi connectivity index (χ3v) is 5.84. The lowest BCUT2D eigenvalue weighted by molar-refractivity contribution is 0.0639. The van der Waals surface area contributed by atoms with Gasteiger partial charge in [-0.3, -0.25) is 9.59 Å². The van der Waals surface area contributed by atoms with Gasteiger partial charge in [0, 0.05) is 36.0 Å². The molecule has 1 aliphatic carbocycles. The highest BCUT2D eigenvalue weighted by atomic mass is 16.2. The number of hydrogen-bond acceptors (Lipinski definition) is 4. The Kier molecular flexibility index (Phi) is 6.12. The van der Waals surface area contributed by atoms with E-state index in [9.17, 15) is 9.59 Å². The van der Waals surface area contributed by atoms with Crippen LogP contribution in [0.15, 0.2) is 53.6 Å². The number of carbonyl (C=O) groups is 2. The molecule has 0 aromatic heterocycles. The van der Waals surface area contributed by atoms with E-state index in [0.717, 1.165) is 56.2 Å². The second kappa shape index (κ2) is 9.11. The molecule has 2 aromatic carbocycles.